The molecule has 2 fully saturated rings. The Morgan fingerprint density at radius 3 is 2.59 bits per heavy atom. The maximum absolute atomic E-state index is 12.3. The van der Waals surface area contributed by atoms with Gasteiger partial charge in [-0.25, -0.2) is 8.42 Å². The zero-order chi connectivity index (χ0) is 11.9. The van der Waals surface area contributed by atoms with Crippen molar-refractivity contribution in [2.75, 3.05) is 5.75 Å². The fourth-order valence-electron chi connectivity index (χ4n) is 2.06. The van der Waals surface area contributed by atoms with Crippen LogP contribution in [0.5, 0.6) is 0 Å². The minimum Gasteiger partial charge on any atom is -0.212 e. The zero-order valence-corrected chi connectivity index (χ0v) is 11.3. The van der Waals surface area contributed by atoms with E-state index in [1.54, 1.807) is 15.6 Å². The summed E-state index contributed by atoms with van der Waals surface area (Å²) in [6.45, 7) is 0.573. The van der Waals surface area contributed by atoms with Gasteiger partial charge in [0.25, 0.3) is 0 Å². The number of hydrogen-bond donors (Lipinski definition) is 0. The summed E-state index contributed by atoms with van der Waals surface area (Å²) >= 11 is 1.63. The molecule has 0 bridgehead atoms. The third-order valence-corrected chi connectivity index (χ3v) is 6.14. The smallest absolute Gasteiger partial charge is 0.212 e. The molecular weight excluding hydrogens is 254 g/mol. The summed E-state index contributed by atoms with van der Waals surface area (Å²) in [7, 11) is -3.03. The molecular formula is C12H17NO2S2. The lowest BCUT2D eigenvalue weighted by atomic mass is 10.3. The Morgan fingerprint density at radius 1 is 1.29 bits per heavy atom. The van der Waals surface area contributed by atoms with Gasteiger partial charge in [0.1, 0.15) is 0 Å². The van der Waals surface area contributed by atoms with E-state index in [9.17, 15) is 8.42 Å². The van der Waals surface area contributed by atoms with Gasteiger partial charge < -0.3 is 0 Å². The van der Waals surface area contributed by atoms with Crippen LogP contribution < -0.4 is 0 Å². The molecule has 0 amide bonds. The van der Waals surface area contributed by atoms with Gasteiger partial charge in [-0.15, -0.1) is 0 Å². The van der Waals surface area contributed by atoms with Crippen LogP contribution in [-0.2, 0) is 16.6 Å². The molecule has 2 saturated carbocycles. The van der Waals surface area contributed by atoms with Crippen LogP contribution in [0.4, 0.5) is 0 Å². The molecule has 1 heterocycles. The van der Waals surface area contributed by atoms with Gasteiger partial charge in [0.2, 0.25) is 10.0 Å². The Labute approximate surface area is 107 Å². The van der Waals surface area contributed by atoms with Gasteiger partial charge in [0, 0.05) is 12.6 Å². The molecule has 0 saturated heterocycles. The molecule has 1 aromatic rings. The van der Waals surface area contributed by atoms with Crippen molar-refractivity contribution in [3.8, 4) is 0 Å². The molecule has 2 aliphatic carbocycles. The van der Waals surface area contributed by atoms with Gasteiger partial charge in [-0.2, -0.15) is 15.6 Å². The van der Waals surface area contributed by atoms with Gasteiger partial charge in [-0.1, -0.05) is 0 Å². The number of nitrogens with zero attached hydrogens (tertiary/aromatic N) is 1. The van der Waals surface area contributed by atoms with Crippen molar-refractivity contribution in [1.29, 1.82) is 0 Å². The predicted molar refractivity (Wildman–Crippen MR) is 69.4 cm³/mol. The highest BCUT2D eigenvalue weighted by Gasteiger charge is 2.39. The summed E-state index contributed by atoms with van der Waals surface area (Å²) in [4.78, 5) is 0. The quantitative estimate of drug-likeness (QED) is 0.797. The van der Waals surface area contributed by atoms with Gasteiger partial charge in [-0.05, 0) is 54.0 Å². The van der Waals surface area contributed by atoms with Crippen molar-refractivity contribution in [1.82, 2.24) is 4.31 Å². The second kappa shape index (κ2) is 4.37. The molecule has 0 aliphatic heterocycles. The molecule has 1 aromatic heterocycles. The van der Waals surface area contributed by atoms with Crippen molar-refractivity contribution < 1.29 is 8.42 Å². The van der Waals surface area contributed by atoms with Crippen LogP contribution in [0.15, 0.2) is 16.8 Å². The first-order valence-electron chi connectivity index (χ1n) is 6.16. The van der Waals surface area contributed by atoms with Crippen LogP contribution in [-0.4, -0.2) is 24.5 Å². The molecule has 0 unspecified atom stereocenters. The molecule has 0 N–H and O–H groups in total. The molecule has 3 nitrogen and oxygen atoms in total. The standard InChI is InChI=1S/C12H17NO2S2/c14-17(15,9-10-1-2-10)13(12-3-4-12)7-11-5-6-16-8-11/h5-6,8,10,12H,1-4,7,9H2. The van der Waals surface area contributed by atoms with Crippen LogP contribution in [0, 0.1) is 5.92 Å². The highest BCUT2D eigenvalue weighted by Crippen LogP contribution is 2.36. The third kappa shape index (κ3) is 2.89. The van der Waals surface area contributed by atoms with E-state index < -0.39 is 10.0 Å². The summed E-state index contributed by atoms with van der Waals surface area (Å²) in [5, 5.41) is 4.05. The maximum Gasteiger partial charge on any atom is 0.214 e. The zero-order valence-electron chi connectivity index (χ0n) is 9.71. The Hall–Kier alpha value is -0.390. The largest absolute Gasteiger partial charge is 0.214 e. The lowest BCUT2D eigenvalue weighted by molar-refractivity contribution is 0.397. The van der Waals surface area contributed by atoms with E-state index >= 15 is 0 Å². The molecule has 0 radical (unpaired) electrons. The highest BCUT2D eigenvalue weighted by atomic mass is 32.2. The van der Waals surface area contributed by atoms with E-state index in [0.717, 1.165) is 31.2 Å². The summed E-state index contributed by atoms with van der Waals surface area (Å²) in [5.74, 6) is 0.803. The summed E-state index contributed by atoms with van der Waals surface area (Å²) in [6.07, 6.45) is 4.26. The average Bonchev–Trinajstić information content (AvgIpc) is 3.18. The van der Waals surface area contributed by atoms with Crippen LogP contribution >= 0.6 is 11.3 Å². The van der Waals surface area contributed by atoms with E-state index in [0.29, 0.717) is 18.2 Å². The van der Waals surface area contributed by atoms with Crippen molar-refractivity contribution in [3.05, 3.63) is 22.4 Å². The number of thiophene rings is 1. The molecule has 94 valence electrons. The van der Waals surface area contributed by atoms with Crippen LogP contribution in [0.1, 0.15) is 31.2 Å². The van der Waals surface area contributed by atoms with Crippen molar-refractivity contribution in [3.63, 3.8) is 0 Å². The minimum absolute atomic E-state index is 0.277. The molecule has 17 heavy (non-hydrogen) atoms. The SMILES string of the molecule is O=S(=O)(CC1CC1)N(Cc1ccsc1)C1CC1. The maximum atomic E-state index is 12.3. The van der Waals surface area contributed by atoms with E-state index in [2.05, 4.69) is 0 Å². The van der Waals surface area contributed by atoms with E-state index in [1.807, 2.05) is 16.8 Å². The monoisotopic (exact) mass is 271 g/mol. The fraction of sp³-hybridized carbons (Fsp3) is 0.667. The molecule has 5 heteroatoms. The molecule has 0 atom stereocenters. The first-order valence-corrected chi connectivity index (χ1v) is 8.71. The third-order valence-electron chi connectivity index (χ3n) is 3.37. The van der Waals surface area contributed by atoms with Crippen LogP contribution in [0.3, 0.4) is 0 Å². The van der Waals surface area contributed by atoms with Crippen molar-refractivity contribution in [2.45, 2.75) is 38.3 Å². The summed E-state index contributed by atoms with van der Waals surface area (Å²) < 4.78 is 26.4. The van der Waals surface area contributed by atoms with Crippen LogP contribution in [0.2, 0.25) is 0 Å². The number of rotatable bonds is 6. The van der Waals surface area contributed by atoms with E-state index in [4.69, 9.17) is 0 Å². The summed E-state index contributed by atoms with van der Waals surface area (Å²) in [6, 6.07) is 2.30. The predicted octanol–water partition coefficient (Wildman–Crippen LogP) is 2.45. The van der Waals surface area contributed by atoms with Crippen molar-refractivity contribution >= 4 is 21.4 Å². The Balaban J connectivity index is 1.74. The topological polar surface area (TPSA) is 37.4 Å². The lowest BCUT2D eigenvalue weighted by Gasteiger charge is -2.21. The number of sulfonamides is 1. The van der Waals surface area contributed by atoms with Gasteiger partial charge in [0.15, 0.2) is 0 Å². The van der Waals surface area contributed by atoms with Crippen molar-refractivity contribution in [2.24, 2.45) is 5.92 Å². The molecule has 3 rings (SSSR count). The molecule has 2 aliphatic rings. The van der Waals surface area contributed by atoms with E-state index in [1.165, 1.54) is 0 Å². The average molecular weight is 271 g/mol. The van der Waals surface area contributed by atoms with Gasteiger partial charge >= 0.3 is 0 Å². The second-order valence-electron chi connectivity index (χ2n) is 5.13. The molecule has 0 aromatic carbocycles. The van der Waals surface area contributed by atoms with Crippen LogP contribution in [0.25, 0.3) is 0 Å². The lowest BCUT2D eigenvalue weighted by Crippen LogP contribution is -2.34. The number of hydrogen-bond acceptors (Lipinski definition) is 3. The highest BCUT2D eigenvalue weighted by molar-refractivity contribution is 7.89. The first kappa shape index (κ1) is 11.7. The summed E-state index contributed by atoms with van der Waals surface area (Å²) in [5.41, 5.74) is 1.13. The van der Waals surface area contributed by atoms with Gasteiger partial charge in [0.05, 0.1) is 5.75 Å². The molecule has 0 spiro atoms. The van der Waals surface area contributed by atoms with E-state index in [-0.39, 0.29) is 6.04 Å². The Bertz CT molecular complexity index is 473. The fourth-order valence-corrected chi connectivity index (χ4v) is 4.85. The van der Waals surface area contributed by atoms with Gasteiger partial charge in [-0.3, -0.25) is 0 Å². The second-order valence-corrected chi connectivity index (χ2v) is 7.88. The Kier molecular flexibility index (Phi) is 3.00. The first-order chi connectivity index (χ1) is 8.15. The Morgan fingerprint density at radius 2 is 2.06 bits per heavy atom. The normalized spacial score (nSPS) is 21.0. The minimum atomic E-state index is -3.03.